The van der Waals surface area contributed by atoms with E-state index in [0.717, 1.165) is 5.56 Å². The van der Waals surface area contributed by atoms with Crippen molar-refractivity contribution in [2.24, 2.45) is 0 Å². The molecule has 0 spiro atoms. The Balaban J connectivity index is 0. The van der Waals surface area contributed by atoms with E-state index in [9.17, 15) is 0 Å². The van der Waals surface area contributed by atoms with Gasteiger partial charge in [0, 0.05) is 0 Å². The molecular weight excluding hydrogens is 136 g/mol. The SMILES string of the molecule is C.C.Cc1ccc(O)cc1C. The molecule has 1 heteroatoms. The van der Waals surface area contributed by atoms with Crippen LogP contribution in [0.5, 0.6) is 5.75 Å². The monoisotopic (exact) mass is 154 g/mol. The van der Waals surface area contributed by atoms with Crippen molar-refractivity contribution in [3.05, 3.63) is 29.3 Å². The summed E-state index contributed by atoms with van der Waals surface area (Å²) in [5.74, 6) is 0.345. The lowest BCUT2D eigenvalue weighted by molar-refractivity contribution is 0.474. The minimum Gasteiger partial charge on any atom is -0.508 e. The van der Waals surface area contributed by atoms with Gasteiger partial charge in [0.15, 0.2) is 0 Å². The van der Waals surface area contributed by atoms with Crippen LogP contribution in [0.4, 0.5) is 0 Å². The summed E-state index contributed by atoms with van der Waals surface area (Å²) >= 11 is 0. The molecule has 0 unspecified atom stereocenters. The summed E-state index contributed by atoms with van der Waals surface area (Å²) in [5, 5.41) is 8.94. The molecule has 0 amide bonds. The molecule has 0 radical (unpaired) electrons. The number of hydrogen-bond donors (Lipinski definition) is 1. The van der Waals surface area contributed by atoms with E-state index < -0.39 is 0 Å². The van der Waals surface area contributed by atoms with Gasteiger partial charge < -0.3 is 5.11 Å². The number of aromatic hydroxyl groups is 1. The number of aryl methyl sites for hydroxylation is 2. The van der Waals surface area contributed by atoms with Gasteiger partial charge in [-0.1, -0.05) is 20.9 Å². The second kappa shape index (κ2) is 4.78. The highest BCUT2D eigenvalue weighted by Gasteiger charge is 1.90. The van der Waals surface area contributed by atoms with Gasteiger partial charge in [-0.2, -0.15) is 0 Å². The molecule has 0 atom stereocenters. The molecule has 0 bridgehead atoms. The van der Waals surface area contributed by atoms with Gasteiger partial charge in [0.1, 0.15) is 5.75 Å². The highest BCUT2D eigenvalue weighted by atomic mass is 16.3. The van der Waals surface area contributed by atoms with Crippen LogP contribution in [0.2, 0.25) is 0 Å². The number of benzene rings is 1. The van der Waals surface area contributed by atoms with Gasteiger partial charge in [0.25, 0.3) is 0 Å². The van der Waals surface area contributed by atoms with Crippen molar-refractivity contribution in [2.45, 2.75) is 28.7 Å². The van der Waals surface area contributed by atoms with Gasteiger partial charge in [-0.15, -0.1) is 0 Å². The van der Waals surface area contributed by atoms with E-state index in [1.165, 1.54) is 5.56 Å². The first kappa shape index (κ1) is 12.7. The quantitative estimate of drug-likeness (QED) is 0.608. The van der Waals surface area contributed by atoms with Gasteiger partial charge in [0.2, 0.25) is 0 Å². The second-order valence-corrected chi connectivity index (χ2v) is 2.27. The van der Waals surface area contributed by atoms with E-state index in [-0.39, 0.29) is 14.9 Å². The van der Waals surface area contributed by atoms with E-state index in [2.05, 4.69) is 0 Å². The third-order valence-corrected chi connectivity index (χ3v) is 1.49. The topological polar surface area (TPSA) is 20.2 Å². The minimum atomic E-state index is 0. The van der Waals surface area contributed by atoms with Crippen molar-refractivity contribution in [1.82, 2.24) is 0 Å². The summed E-state index contributed by atoms with van der Waals surface area (Å²) in [4.78, 5) is 0. The first-order valence-electron chi connectivity index (χ1n) is 2.96. The highest BCUT2D eigenvalue weighted by molar-refractivity contribution is 5.32. The van der Waals surface area contributed by atoms with Crippen molar-refractivity contribution >= 4 is 0 Å². The maximum Gasteiger partial charge on any atom is 0.115 e. The zero-order valence-corrected chi connectivity index (χ0v) is 5.68. The van der Waals surface area contributed by atoms with E-state index in [1.54, 1.807) is 12.1 Å². The lowest BCUT2D eigenvalue weighted by atomic mass is 10.1. The van der Waals surface area contributed by atoms with Crippen molar-refractivity contribution < 1.29 is 5.11 Å². The number of rotatable bonds is 0. The fraction of sp³-hybridized carbons (Fsp3) is 0.400. The predicted octanol–water partition coefficient (Wildman–Crippen LogP) is 3.28. The average Bonchev–Trinajstić information content (AvgIpc) is 1.80. The standard InChI is InChI=1S/C8H10O.2CH4/c1-6-3-4-8(9)5-7(6)2;;/h3-5,9H,1-2H3;2*1H4. The number of hydrogen-bond acceptors (Lipinski definition) is 1. The summed E-state index contributed by atoms with van der Waals surface area (Å²) in [7, 11) is 0. The Kier molecular flexibility index (Phi) is 5.50. The van der Waals surface area contributed by atoms with E-state index in [1.807, 2.05) is 19.9 Å². The molecule has 0 saturated carbocycles. The van der Waals surface area contributed by atoms with Gasteiger partial charge in [0.05, 0.1) is 0 Å². The average molecular weight is 154 g/mol. The Labute approximate surface area is 69.7 Å². The summed E-state index contributed by atoms with van der Waals surface area (Å²) in [5.41, 5.74) is 2.35. The van der Waals surface area contributed by atoms with Gasteiger partial charge in [-0.25, -0.2) is 0 Å². The fourth-order valence-corrected chi connectivity index (χ4v) is 0.726. The number of phenolic OH excluding ortho intramolecular Hbond substituents is 1. The number of phenols is 1. The largest absolute Gasteiger partial charge is 0.508 e. The van der Waals surface area contributed by atoms with E-state index >= 15 is 0 Å². The maximum atomic E-state index is 8.94. The van der Waals surface area contributed by atoms with Gasteiger partial charge in [-0.05, 0) is 37.1 Å². The third-order valence-electron chi connectivity index (χ3n) is 1.49. The first-order chi connectivity index (χ1) is 4.20. The minimum absolute atomic E-state index is 0. The molecule has 1 nitrogen and oxygen atoms in total. The Hall–Kier alpha value is -0.980. The highest BCUT2D eigenvalue weighted by Crippen LogP contribution is 2.13. The van der Waals surface area contributed by atoms with Crippen LogP contribution >= 0.6 is 0 Å². The molecule has 64 valence electrons. The van der Waals surface area contributed by atoms with Crippen LogP contribution in [0, 0.1) is 13.8 Å². The van der Waals surface area contributed by atoms with Crippen LogP contribution in [0.15, 0.2) is 18.2 Å². The molecule has 0 aromatic heterocycles. The Morgan fingerprint density at radius 3 is 1.91 bits per heavy atom. The molecule has 0 fully saturated rings. The zero-order chi connectivity index (χ0) is 6.85. The van der Waals surface area contributed by atoms with Crippen LogP contribution < -0.4 is 0 Å². The summed E-state index contributed by atoms with van der Waals surface area (Å²) in [6, 6.07) is 5.36. The maximum absolute atomic E-state index is 8.94. The molecule has 0 aliphatic carbocycles. The molecule has 1 aromatic rings. The zero-order valence-electron chi connectivity index (χ0n) is 5.68. The molecule has 0 heterocycles. The summed E-state index contributed by atoms with van der Waals surface area (Å²) in [6.07, 6.45) is 0. The lowest BCUT2D eigenvalue weighted by Crippen LogP contribution is -1.76. The van der Waals surface area contributed by atoms with Crippen molar-refractivity contribution in [1.29, 1.82) is 0 Å². The fourth-order valence-electron chi connectivity index (χ4n) is 0.726. The van der Waals surface area contributed by atoms with Gasteiger partial charge in [-0.3, -0.25) is 0 Å². The lowest BCUT2D eigenvalue weighted by Gasteiger charge is -1.97. The van der Waals surface area contributed by atoms with Gasteiger partial charge >= 0.3 is 0 Å². The normalized spacial score (nSPS) is 7.82. The van der Waals surface area contributed by atoms with Crippen molar-refractivity contribution in [2.75, 3.05) is 0 Å². The van der Waals surface area contributed by atoms with E-state index in [4.69, 9.17) is 5.11 Å². The van der Waals surface area contributed by atoms with E-state index in [0.29, 0.717) is 5.75 Å². The Morgan fingerprint density at radius 1 is 1.00 bits per heavy atom. The molecule has 0 saturated heterocycles. The summed E-state index contributed by atoms with van der Waals surface area (Å²) < 4.78 is 0. The van der Waals surface area contributed by atoms with Crippen LogP contribution in [-0.2, 0) is 0 Å². The molecular formula is C10H18O. The van der Waals surface area contributed by atoms with Crippen LogP contribution in [0.25, 0.3) is 0 Å². The smallest absolute Gasteiger partial charge is 0.115 e. The first-order valence-corrected chi connectivity index (χ1v) is 2.96. The molecule has 1 rings (SSSR count). The predicted molar refractivity (Wildman–Crippen MR) is 51.0 cm³/mol. The third kappa shape index (κ3) is 3.08. The molecule has 1 aromatic carbocycles. The Morgan fingerprint density at radius 2 is 1.55 bits per heavy atom. The molecule has 1 N–H and O–H groups in total. The summed E-state index contributed by atoms with van der Waals surface area (Å²) in [6.45, 7) is 4.00. The van der Waals surface area contributed by atoms with Crippen LogP contribution in [0.1, 0.15) is 26.0 Å². The van der Waals surface area contributed by atoms with Crippen LogP contribution in [-0.4, -0.2) is 5.11 Å². The molecule has 0 aliphatic heterocycles. The Bertz CT molecular complexity index is 216. The molecule has 11 heavy (non-hydrogen) atoms. The van der Waals surface area contributed by atoms with Crippen LogP contribution in [0.3, 0.4) is 0 Å². The van der Waals surface area contributed by atoms with Crippen molar-refractivity contribution in [3.63, 3.8) is 0 Å². The second-order valence-electron chi connectivity index (χ2n) is 2.27. The van der Waals surface area contributed by atoms with Crippen molar-refractivity contribution in [3.8, 4) is 5.75 Å². The molecule has 0 aliphatic rings.